The number of hydrogen-bond donors (Lipinski definition) is 1. The van der Waals surface area contributed by atoms with E-state index in [0.717, 1.165) is 25.1 Å². The first-order chi connectivity index (χ1) is 11.3. The Morgan fingerprint density at radius 1 is 1.39 bits per heavy atom. The molecule has 1 amide bonds. The Labute approximate surface area is 134 Å². The van der Waals surface area contributed by atoms with Crippen LogP contribution in [0.4, 0.5) is 0 Å². The largest absolute Gasteiger partial charge is 0.376 e. The minimum Gasteiger partial charge on any atom is -0.376 e. The van der Waals surface area contributed by atoms with Gasteiger partial charge >= 0.3 is 0 Å². The molecule has 0 saturated carbocycles. The zero-order valence-corrected chi connectivity index (χ0v) is 12.7. The third-order valence-electron chi connectivity index (χ3n) is 3.51. The molecule has 0 bridgehead atoms. The maximum atomic E-state index is 11.7. The predicted octanol–water partition coefficient (Wildman–Crippen LogP) is 1.55. The van der Waals surface area contributed by atoms with Crippen molar-refractivity contribution in [3.8, 4) is 11.4 Å². The highest BCUT2D eigenvalue weighted by Crippen LogP contribution is 2.16. The average Bonchev–Trinajstić information content (AvgIpc) is 3.25. The van der Waals surface area contributed by atoms with Crippen LogP contribution in [-0.4, -0.2) is 42.0 Å². The Kier molecular flexibility index (Phi) is 5.33. The molecular formula is C16H19N3O4. The van der Waals surface area contributed by atoms with Crippen molar-refractivity contribution in [3.05, 3.63) is 36.2 Å². The van der Waals surface area contributed by atoms with E-state index >= 15 is 0 Å². The molecule has 0 aromatic carbocycles. The summed E-state index contributed by atoms with van der Waals surface area (Å²) in [7, 11) is 0. The average molecular weight is 317 g/mol. The first-order valence-electron chi connectivity index (χ1n) is 7.64. The van der Waals surface area contributed by atoms with E-state index < -0.39 is 0 Å². The molecule has 1 atom stereocenters. The fraction of sp³-hybridized carbons (Fsp3) is 0.438. The van der Waals surface area contributed by atoms with Crippen LogP contribution in [0.3, 0.4) is 0 Å². The van der Waals surface area contributed by atoms with Crippen molar-refractivity contribution in [2.45, 2.75) is 25.5 Å². The summed E-state index contributed by atoms with van der Waals surface area (Å²) in [6.45, 7) is 1.52. The van der Waals surface area contributed by atoms with Gasteiger partial charge < -0.3 is 19.3 Å². The molecule has 2 aromatic rings. The van der Waals surface area contributed by atoms with Crippen LogP contribution in [0.1, 0.15) is 18.6 Å². The third-order valence-corrected chi connectivity index (χ3v) is 3.51. The SMILES string of the molecule is O=C(COCC1CCCO1)NCc1cc(-c2ccccn2)no1. The third kappa shape index (κ3) is 4.61. The van der Waals surface area contributed by atoms with Crippen LogP contribution in [0.15, 0.2) is 35.0 Å². The Bertz CT molecular complexity index is 623. The number of hydrogen-bond acceptors (Lipinski definition) is 6. The van der Waals surface area contributed by atoms with E-state index in [4.69, 9.17) is 14.0 Å². The van der Waals surface area contributed by atoms with Crippen molar-refractivity contribution >= 4 is 5.91 Å². The highest BCUT2D eigenvalue weighted by Gasteiger charge is 2.16. The number of carbonyl (C=O) groups excluding carboxylic acids is 1. The lowest BCUT2D eigenvalue weighted by Gasteiger charge is -2.09. The summed E-state index contributed by atoms with van der Waals surface area (Å²) in [6, 6.07) is 7.32. The van der Waals surface area contributed by atoms with Crippen molar-refractivity contribution in [2.24, 2.45) is 0 Å². The first-order valence-corrected chi connectivity index (χ1v) is 7.64. The maximum Gasteiger partial charge on any atom is 0.246 e. The Morgan fingerprint density at radius 2 is 2.35 bits per heavy atom. The van der Waals surface area contributed by atoms with E-state index in [2.05, 4.69) is 15.5 Å². The monoisotopic (exact) mass is 317 g/mol. The minimum atomic E-state index is -0.196. The number of aromatic nitrogens is 2. The smallest absolute Gasteiger partial charge is 0.246 e. The first kappa shape index (κ1) is 15.6. The zero-order chi connectivity index (χ0) is 15.9. The Hall–Kier alpha value is -2.25. The van der Waals surface area contributed by atoms with Crippen LogP contribution in [0.2, 0.25) is 0 Å². The molecule has 0 radical (unpaired) electrons. The second-order valence-electron chi connectivity index (χ2n) is 5.32. The second kappa shape index (κ2) is 7.85. The van der Waals surface area contributed by atoms with E-state index in [9.17, 15) is 4.79 Å². The summed E-state index contributed by atoms with van der Waals surface area (Å²) < 4.78 is 16.0. The van der Waals surface area contributed by atoms with E-state index in [0.29, 0.717) is 18.1 Å². The van der Waals surface area contributed by atoms with Gasteiger partial charge in [-0.15, -0.1) is 0 Å². The highest BCUT2D eigenvalue weighted by molar-refractivity contribution is 5.77. The predicted molar refractivity (Wildman–Crippen MR) is 81.4 cm³/mol. The van der Waals surface area contributed by atoms with Crippen molar-refractivity contribution in [2.75, 3.05) is 19.8 Å². The summed E-state index contributed by atoms with van der Waals surface area (Å²) in [5.74, 6) is 0.372. The standard InChI is InChI=1S/C16H19N3O4/c20-16(11-21-10-12-4-3-7-22-12)18-9-13-8-15(19-23-13)14-5-1-2-6-17-14/h1-2,5-6,8,12H,3-4,7,9-11H2,(H,18,20). The minimum absolute atomic E-state index is 0.0150. The van der Waals surface area contributed by atoms with E-state index in [1.807, 2.05) is 18.2 Å². The molecule has 1 N–H and O–H groups in total. The normalized spacial score (nSPS) is 17.3. The van der Waals surface area contributed by atoms with E-state index in [1.165, 1.54) is 0 Å². The molecule has 0 spiro atoms. The highest BCUT2D eigenvalue weighted by atomic mass is 16.5. The molecule has 1 saturated heterocycles. The molecule has 7 heteroatoms. The van der Waals surface area contributed by atoms with Gasteiger partial charge in [0.1, 0.15) is 12.3 Å². The topological polar surface area (TPSA) is 86.5 Å². The molecule has 3 heterocycles. The number of rotatable bonds is 7. The second-order valence-corrected chi connectivity index (χ2v) is 5.32. The van der Waals surface area contributed by atoms with E-state index in [1.54, 1.807) is 12.3 Å². The quantitative estimate of drug-likeness (QED) is 0.834. The summed E-state index contributed by atoms with van der Waals surface area (Å²) >= 11 is 0. The molecule has 23 heavy (non-hydrogen) atoms. The van der Waals surface area contributed by atoms with Crippen molar-refractivity contribution in [1.29, 1.82) is 0 Å². The van der Waals surface area contributed by atoms with Gasteiger partial charge in [-0.2, -0.15) is 0 Å². The van der Waals surface area contributed by atoms with Gasteiger partial charge in [-0.05, 0) is 25.0 Å². The van der Waals surface area contributed by atoms with Gasteiger partial charge in [-0.25, -0.2) is 0 Å². The lowest BCUT2D eigenvalue weighted by molar-refractivity contribution is -0.127. The van der Waals surface area contributed by atoms with Crippen molar-refractivity contribution in [1.82, 2.24) is 15.5 Å². The van der Waals surface area contributed by atoms with Gasteiger partial charge in [-0.1, -0.05) is 11.2 Å². The molecule has 3 rings (SSSR count). The van der Waals surface area contributed by atoms with Gasteiger partial charge in [0.2, 0.25) is 5.91 Å². The maximum absolute atomic E-state index is 11.7. The Balaban J connectivity index is 1.40. The molecule has 122 valence electrons. The molecule has 0 aliphatic carbocycles. The van der Waals surface area contributed by atoms with Gasteiger partial charge in [0, 0.05) is 18.9 Å². The summed E-state index contributed by atoms with van der Waals surface area (Å²) in [5.41, 5.74) is 1.37. The number of nitrogens with one attached hydrogen (secondary N) is 1. The Morgan fingerprint density at radius 3 is 3.13 bits per heavy atom. The number of nitrogens with zero attached hydrogens (tertiary/aromatic N) is 2. The molecular weight excluding hydrogens is 298 g/mol. The summed E-state index contributed by atoms with van der Waals surface area (Å²) in [6.07, 6.45) is 3.87. The molecule has 1 fully saturated rings. The molecule has 7 nitrogen and oxygen atoms in total. The van der Waals surface area contributed by atoms with Crippen LogP contribution in [0.25, 0.3) is 11.4 Å². The summed E-state index contributed by atoms with van der Waals surface area (Å²) in [4.78, 5) is 15.9. The zero-order valence-electron chi connectivity index (χ0n) is 12.7. The van der Waals surface area contributed by atoms with Gasteiger partial charge in [-0.3, -0.25) is 9.78 Å². The van der Waals surface area contributed by atoms with Gasteiger partial charge in [0.15, 0.2) is 5.76 Å². The van der Waals surface area contributed by atoms with Crippen LogP contribution in [-0.2, 0) is 20.8 Å². The molecule has 1 unspecified atom stereocenters. The molecule has 2 aromatic heterocycles. The van der Waals surface area contributed by atoms with Gasteiger partial charge in [0.25, 0.3) is 0 Å². The molecule has 1 aliphatic rings. The number of pyridine rings is 1. The number of amides is 1. The van der Waals surface area contributed by atoms with E-state index in [-0.39, 0.29) is 25.2 Å². The summed E-state index contributed by atoms with van der Waals surface area (Å²) in [5, 5.41) is 6.67. The number of carbonyl (C=O) groups is 1. The number of ether oxygens (including phenoxy) is 2. The lowest BCUT2D eigenvalue weighted by Crippen LogP contribution is -2.28. The van der Waals surface area contributed by atoms with Crippen LogP contribution >= 0.6 is 0 Å². The van der Waals surface area contributed by atoms with Crippen molar-refractivity contribution in [3.63, 3.8) is 0 Å². The lowest BCUT2D eigenvalue weighted by atomic mass is 10.2. The van der Waals surface area contributed by atoms with Crippen molar-refractivity contribution < 1.29 is 18.8 Å². The fourth-order valence-corrected chi connectivity index (χ4v) is 2.33. The molecule has 1 aliphatic heterocycles. The fourth-order valence-electron chi connectivity index (χ4n) is 2.33. The van der Waals surface area contributed by atoms with Crippen LogP contribution in [0.5, 0.6) is 0 Å². The van der Waals surface area contributed by atoms with Crippen LogP contribution < -0.4 is 5.32 Å². The van der Waals surface area contributed by atoms with Crippen LogP contribution in [0, 0.1) is 0 Å². The van der Waals surface area contributed by atoms with Gasteiger partial charge in [0.05, 0.1) is 24.9 Å².